The van der Waals surface area contributed by atoms with Crippen LogP contribution in [0.1, 0.15) is 38.2 Å². The minimum atomic E-state index is -4.09. The maximum absolute atomic E-state index is 13.9. The molecular formula is C29H31Cl2N3O4S. The maximum Gasteiger partial charge on any atom is 0.264 e. The molecule has 0 aliphatic heterocycles. The molecule has 0 unspecified atom stereocenters. The van der Waals surface area contributed by atoms with Crippen LogP contribution in [-0.4, -0.2) is 43.8 Å². The molecule has 1 N–H and O–H groups in total. The minimum absolute atomic E-state index is 0.0446. The zero-order valence-corrected chi connectivity index (χ0v) is 23.9. The molecule has 0 spiro atoms. The van der Waals surface area contributed by atoms with Crippen molar-refractivity contribution in [3.05, 3.63) is 94.5 Å². The highest BCUT2D eigenvalue weighted by atomic mass is 35.5. The predicted molar refractivity (Wildman–Crippen MR) is 154 cm³/mol. The van der Waals surface area contributed by atoms with E-state index < -0.39 is 28.5 Å². The Hall–Kier alpha value is -3.07. The molecule has 1 fully saturated rings. The van der Waals surface area contributed by atoms with Gasteiger partial charge in [0, 0.05) is 12.6 Å². The fraction of sp³-hybridized carbons (Fsp3) is 0.310. The Morgan fingerprint density at radius 2 is 1.54 bits per heavy atom. The fourth-order valence-corrected chi connectivity index (χ4v) is 6.41. The lowest BCUT2D eigenvalue weighted by atomic mass is 10.1. The van der Waals surface area contributed by atoms with Crippen molar-refractivity contribution < 1.29 is 18.0 Å². The average molecular weight is 589 g/mol. The van der Waals surface area contributed by atoms with Crippen molar-refractivity contribution in [2.24, 2.45) is 0 Å². The molecule has 0 bridgehead atoms. The molecular weight excluding hydrogens is 557 g/mol. The van der Waals surface area contributed by atoms with Gasteiger partial charge >= 0.3 is 0 Å². The van der Waals surface area contributed by atoms with Crippen molar-refractivity contribution in [1.82, 2.24) is 10.2 Å². The van der Waals surface area contributed by atoms with E-state index in [1.165, 1.54) is 17.0 Å². The summed E-state index contributed by atoms with van der Waals surface area (Å²) in [6, 6.07) is 20.6. The number of nitrogens with zero attached hydrogens (tertiary/aromatic N) is 2. The third kappa shape index (κ3) is 7.12. The summed E-state index contributed by atoms with van der Waals surface area (Å²) < 4.78 is 28.5. The van der Waals surface area contributed by atoms with Crippen LogP contribution in [0.25, 0.3) is 0 Å². The van der Waals surface area contributed by atoms with Crippen molar-refractivity contribution in [3.8, 4) is 0 Å². The molecule has 1 aliphatic rings. The van der Waals surface area contributed by atoms with E-state index >= 15 is 0 Å². The second-order valence-corrected chi connectivity index (χ2v) is 12.3. The highest BCUT2D eigenvalue weighted by Crippen LogP contribution is 2.26. The molecule has 3 aromatic rings. The number of carbonyl (C=O) groups is 2. The van der Waals surface area contributed by atoms with Gasteiger partial charge < -0.3 is 10.2 Å². The number of benzene rings is 3. The van der Waals surface area contributed by atoms with E-state index in [-0.39, 0.29) is 23.4 Å². The predicted octanol–water partition coefficient (Wildman–Crippen LogP) is 5.66. The summed E-state index contributed by atoms with van der Waals surface area (Å²) in [5.41, 5.74) is 1.00. The number of rotatable bonds is 10. The van der Waals surface area contributed by atoms with Crippen LogP contribution >= 0.6 is 23.2 Å². The Balaban J connectivity index is 1.67. The van der Waals surface area contributed by atoms with Crippen LogP contribution in [0.15, 0.2) is 83.8 Å². The first kappa shape index (κ1) is 28.9. The van der Waals surface area contributed by atoms with E-state index in [9.17, 15) is 18.0 Å². The fourth-order valence-electron chi connectivity index (χ4n) is 4.65. The van der Waals surface area contributed by atoms with Gasteiger partial charge in [0.1, 0.15) is 12.6 Å². The Morgan fingerprint density at radius 1 is 0.923 bits per heavy atom. The highest BCUT2D eigenvalue weighted by Gasteiger charge is 2.33. The van der Waals surface area contributed by atoms with E-state index in [4.69, 9.17) is 23.2 Å². The molecule has 1 saturated carbocycles. The molecule has 206 valence electrons. The number of para-hydroxylation sites is 1. The number of halogens is 2. The minimum Gasteiger partial charge on any atom is -0.352 e. The Morgan fingerprint density at radius 3 is 2.15 bits per heavy atom. The average Bonchev–Trinajstić information content (AvgIpc) is 3.45. The van der Waals surface area contributed by atoms with E-state index in [2.05, 4.69) is 5.32 Å². The zero-order valence-electron chi connectivity index (χ0n) is 21.6. The van der Waals surface area contributed by atoms with E-state index in [0.29, 0.717) is 21.3 Å². The van der Waals surface area contributed by atoms with Gasteiger partial charge in [-0.3, -0.25) is 13.9 Å². The van der Waals surface area contributed by atoms with Gasteiger partial charge in [0.05, 0.1) is 20.6 Å². The molecule has 0 radical (unpaired) electrons. The van der Waals surface area contributed by atoms with Crippen molar-refractivity contribution in [2.75, 3.05) is 10.8 Å². The standard InChI is InChI=1S/C29H31Cl2N3O4S/c1-21(29(36)32-23-10-8-9-11-23)33(19-22-16-17-26(30)27(31)18-22)28(35)20-34(24-12-4-2-5-13-24)39(37,38)25-14-6-3-7-15-25/h2-7,12-18,21,23H,8-11,19-20H2,1H3,(H,32,36)/t21-/m1/s1. The molecule has 1 atom stereocenters. The summed E-state index contributed by atoms with van der Waals surface area (Å²) in [5.74, 6) is -0.814. The largest absolute Gasteiger partial charge is 0.352 e. The van der Waals surface area contributed by atoms with Gasteiger partial charge in [-0.25, -0.2) is 8.42 Å². The zero-order chi connectivity index (χ0) is 28.0. The first-order valence-corrected chi connectivity index (χ1v) is 15.0. The number of nitrogens with one attached hydrogen (secondary N) is 1. The summed E-state index contributed by atoms with van der Waals surface area (Å²) in [6.07, 6.45) is 3.90. The van der Waals surface area contributed by atoms with Crippen LogP contribution in [0.5, 0.6) is 0 Å². The molecule has 1 aliphatic carbocycles. The topological polar surface area (TPSA) is 86.8 Å². The van der Waals surface area contributed by atoms with Crippen LogP contribution < -0.4 is 9.62 Å². The molecule has 10 heteroatoms. The molecule has 2 amide bonds. The smallest absolute Gasteiger partial charge is 0.264 e. The molecule has 4 rings (SSSR count). The second kappa shape index (κ2) is 12.9. The van der Waals surface area contributed by atoms with Crippen LogP contribution in [0.3, 0.4) is 0 Å². The van der Waals surface area contributed by atoms with Gasteiger partial charge in [-0.15, -0.1) is 0 Å². The molecule has 7 nitrogen and oxygen atoms in total. The summed E-state index contributed by atoms with van der Waals surface area (Å²) in [4.78, 5) is 28.6. The maximum atomic E-state index is 13.9. The molecule has 39 heavy (non-hydrogen) atoms. The summed E-state index contributed by atoms with van der Waals surface area (Å²) in [6.45, 7) is 1.20. The Bertz CT molecular complexity index is 1400. The number of anilines is 1. The van der Waals surface area contributed by atoms with E-state index in [1.807, 2.05) is 0 Å². The first-order valence-electron chi connectivity index (χ1n) is 12.8. The van der Waals surface area contributed by atoms with Gasteiger partial charge in [-0.05, 0) is 61.7 Å². The normalized spacial score (nSPS) is 14.5. The number of sulfonamides is 1. The second-order valence-electron chi connectivity index (χ2n) is 9.60. The van der Waals surface area contributed by atoms with Crippen LogP contribution in [0.2, 0.25) is 10.0 Å². The van der Waals surface area contributed by atoms with Gasteiger partial charge in [0.25, 0.3) is 10.0 Å². The molecule has 0 heterocycles. The third-order valence-corrected chi connectivity index (χ3v) is 9.39. The lowest BCUT2D eigenvalue weighted by Crippen LogP contribution is -2.52. The number of carbonyl (C=O) groups excluding carboxylic acids is 2. The first-order chi connectivity index (χ1) is 18.7. The highest BCUT2D eigenvalue weighted by molar-refractivity contribution is 7.92. The number of hydrogen-bond acceptors (Lipinski definition) is 4. The van der Waals surface area contributed by atoms with Gasteiger partial charge in [-0.2, -0.15) is 0 Å². The summed E-state index contributed by atoms with van der Waals surface area (Å²) in [5, 5.41) is 3.74. The summed E-state index contributed by atoms with van der Waals surface area (Å²) >= 11 is 12.3. The molecule has 0 aromatic heterocycles. The lowest BCUT2D eigenvalue weighted by molar-refractivity contribution is -0.139. The van der Waals surface area contributed by atoms with Crippen molar-refractivity contribution >= 4 is 50.7 Å². The summed E-state index contributed by atoms with van der Waals surface area (Å²) in [7, 11) is -4.09. The number of hydrogen-bond donors (Lipinski definition) is 1. The van der Waals surface area contributed by atoms with Crippen LogP contribution in [0, 0.1) is 0 Å². The quantitative estimate of drug-likeness (QED) is 0.331. The third-order valence-electron chi connectivity index (χ3n) is 6.86. The SMILES string of the molecule is C[C@H](C(=O)NC1CCCC1)N(Cc1ccc(Cl)c(Cl)c1)C(=O)CN(c1ccccc1)S(=O)(=O)c1ccccc1. The lowest BCUT2D eigenvalue weighted by Gasteiger charge is -2.32. The van der Waals surface area contributed by atoms with Crippen LogP contribution in [-0.2, 0) is 26.2 Å². The van der Waals surface area contributed by atoms with E-state index in [1.54, 1.807) is 73.7 Å². The van der Waals surface area contributed by atoms with Gasteiger partial charge in [0.2, 0.25) is 11.8 Å². The van der Waals surface area contributed by atoms with Crippen molar-refractivity contribution in [1.29, 1.82) is 0 Å². The Labute approximate surface area is 239 Å². The van der Waals surface area contributed by atoms with Crippen molar-refractivity contribution in [3.63, 3.8) is 0 Å². The molecule has 3 aromatic carbocycles. The van der Waals surface area contributed by atoms with Gasteiger partial charge in [-0.1, -0.05) is 78.5 Å². The monoisotopic (exact) mass is 587 g/mol. The van der Waals surface area contributed by atoms with Crippen LogP contribution in [0.4, 0.5) is 5.69 Å². The molecule has 0 saturated heterocycles. The Kier molecular flexibility index (Phi) is 9.53. The number of amides is 2. The van der Waals surface area contributed by atoms with E-state index in [0.717, 1.165) is 30.0 Å². The van der Waals surface area contributed by atoms with Gasteiger partial charge in [0.15, 0.2) is 0 Å². The van der Waals surface area contributed by atoms with Crippen molar-refractivity contribution in [2.45, 2.75) is 56.1 Å².